The fraction of sp³-hybridized carbons (Fsp3) is 0.0588. The third-order valence-corrected chi connectivity index (χ3v) is 3.80. The zero-order valence-corrected chi connectivity index (χ0v) is 14.5. The first kappa shape index (κ1) is 17.2. The van der Waals surface area contributed by atoms with Gasteiger partial charge < -0.3 is 10.1 Å². The molecule has 0 aromatic heterocycles. The van der Waals surface area contributed by atoms with Crippen LogP contribution in [0, 0.1) is 0 Å². The number of hydrogen-bond donors (Lipinski definition) is 1. The quantitative estimate of drug-likeness (QED) is 0.612. The molecule has 0 aliphatic heterocycles. The van der Waals surface area contributed by atoms with Gasteiger partial charge in [0, 0.05) is 15.6 Å². The highest BCUT2D eigenvalue weighted by Gasteiger charge is 2.13. The Morgan fingerprint density at radius 3 is 2.65 bits per heavy atom. The Hall–Kier alpha value is -2.11. The average Bonchev–Trinajstić information content (AvgIpc) is 2.55. The van der Waals surface area contributed by atoms with E-state index in [1.54, 1.807) is 36.4 Å². The van der Waals surface area contributed by atoms with Crippen LogP contribution < -0.4 is 5.32 Å². The van der Waals surface area contributed by atoms with Crippen molar-refractivity contribution in [1.82, 2.24) is 0 Å². The lowest BCUT2D eigenvalue weighted by atomic mass is 10.1. The van der Waals surface area contributed by atoms with E-state index in [9.17, 15) is 9.59 Å². The van der Waals surface area contributed by atoms with Gasteiger partial charge in [-0.25, -0.2) is 4.79 Å². The molecule has 0 unspecified atom stereocenters. The van der Waals surface area contributed by atoms with Gasteiger partial charge in [-0.2, -0.15) is 0 Å². The van der Waals surface area contributed by atoms with Crippen molar-refractivity contribution in [3.05, 3.63) is 69.2 Å². The number of ether oxygens (including phenoxy) is 1. The molecule has 4 nitrogen and oxygen atoms in total. The maximum Gasteiger partial charge on any atom is 0.340 e. The summed E-state index contributed by atoms with van der Waals surface area (Å²) in [5.74, 6) is -0.908. The van der Waals surface area contributed by atoms with E-state index in [0.29, 0.717) is 15.2 Å². The molecule has 2 aromatic carbocycles. The minimum atomic E-state index is -0.531. The van der Waals surface area contributed by atoms with Crippen LogP contribution in [0.3, 0.4) is 0 Å². The van der Waals surface area contributed by atoms with Crippen molar-refractivity contribution in [3.8, 4) is 0 Å². The lowest BCUT2D eigenvalue weighted by molar-refractivity contribution is -0.111. The maximum absolute atomic E-state index is 12.0. The molecule has 0 aliphatic carbocycles. The van der Waals surface area contributed by atoms with Crippen molar-refractivity contribution in [3.63, 3.8) is 0 Å². The van der Waals surface area contributed by atoms with Crippen LogP contribution >= 0.6 is 27.5 Å². The van der Waals surface area contributed by atoms with Crippen LogP contribution in [-0.4, -0.2) is 19.0 Å². The summed E-state index contributed by atoms with van der Waals surface area (Å²) in [5, 5.41) is 3.20. The zero-order chi connectivity index (χ0) is 16.8. The highest BCUT2D eigenvalue weighted by Crippen LogP contribution is 2.22. The van der Waals surface area contributed by atoms with Crippen LogP contribution in [0.5, 0.6) is 0 Å². The lowest BCUT2D eigenvalue weighted by Gasteiger charge is -2.08. The zero-order valence-electron chi connectivity index (χ0n) is 12.2. The fourth-order valence-corrected chi connectivity index (χ4v) is 2.41. The minimum absolute atomic E-state index is 0.265. The van der Waals surface area contributed by atoms with E-state index < -0.39 is 5.97 Å². The van der Waals surface area contributed by atoms with Crippen LogP contribution in [0.4, 0.5) is 5.69 Å². The van der Waals surface area contributed by atoms with Gasteiger partial charge in [0.25, 0.3) is 0 Å². The smallest absolute Gasteiger partial charge is 0.340 e. The fourth-order valence-electron chi connectivity index (χ4n) is 1.85. The summed E-state index contributed by atoms with van der Waals surface area (Å²) in [6.45, 7) is 0. The number of benzene rings is 2. The number of esters is 1. The molecule has 0 spiro atoms. The molecule has 2 rings (SSSR count). The number of anilines is 1. The number of carbonyl (C=O) groups excluding carboxylic acids is 2. The molecule has 0 atom stereocenters. The maximum atomic E-state index is 12.0. The largest absolute Gasteiger partial charge is 0.465 e. The van der Waals surface area contributed by atoms with Crippen molar-refractivity contribution in [1.29, 1.82) is 0 Å². The molecule has 0 heterocycles. The van der Waals surface area contributed by atoms with Gasteiger partial charge >= 0.3 is 5.97 Å². The minimum Gasteiger partial charge on any atom is -0.465 e. The lowest BCUT2D eigenvalue weighted by Crippen LogP contribution is -2.13. The normalized spacial score (nSPS) is 10.6. The highest BCUT2D eigenvalue weighted by atomic mass is 79.9. The van der Waals surface area contributed by atoms with Gasteiger partial charge in [0.05, 0.1) is 18.4 Å². The van der Waals surface area contributed by atoms with Crippen LogP contribution in [-0.2, 0) is 9.53 Å². The summed E-state index contributed by atoms with van der Waals surface area (Å²) in [7, 11) is 1.28. The number of methoxy groups -OCH3 is 1. The average molecular weight is 395 g/mol. The van der Waals surface area contributed by atoms with Crippen LogP contribution in [0.15, 0.2) is 53.0 Å². The number of amides is 1. The second kappa shape index (κ2) is 7.94. The Morgan fingerprint density at radius 2 is 1.96 bits per heavy atom. The molecule has 0 fully saturated rings. The van der Waals surface area contributed by atoms with Crippen molar-refractivity contribution >= 4 is 51.2 Å². The molecular weight excluding hydrogens is 382 g/mol. The molecule has 0 aliphatic rings. The molecule has 1 amide bonds. The first-order valence-corrected chi connectivity index (χ1v) is 7.80. The number of hydrogen-bond acceptors (Lipinski definition) is 3. The van der Waals surface area contributed by atoms with Crippen molar-refractivity contribution < 1.29 is 14.3 Å². The van der Waals surface area contributed by atoms with Crippen molar-refractivity contribution in [2.45, 2.75) is 0 Å². The molecule has 23 heavy (non-hydrogen) atoms. The summed E-state index contributed by atoms with van der Waals surface area (Å²) in [6, 6.07) is 12.1. The van der Waals surface area contributed by atoms with Crippen molar-refractivity contribution in [2.75, 3.05) is 12.4 Å². The second-order valence-electron chi connectivity index (χ2n) is 4.53. The monoisotopic (exact) mass is 393 g/mol. The van der Waals surface area contributed by atoms with Crippen molar-refractivity contribution in [2.24, 2.45) is 0 Å². The molecule has 118 valence electrons. The summed E-state index contributed by atoms with van der Waals surface area (Å²) < 4.78 is 5.42. The molecule has 0 radical (unpaired) electrons. The van der Waals surface area contributed by atoms with E-state index in [2.05, 4.69) is 21.2 Å². The van der Waals surface area contributed by atoms with Gasteiger partial charge in [-0.1, -0.05) is 45.7 Å². The third kappa shape index (κ3) is 4.68. The van der Waals surface area contributed by atoms with E-state index in [0.717, 1.165) is 5.56 Å². The Bertz CT molecular complexity index is 774. The molecule has 0 bridgehead atoms. The Kier molecular flexibility index (Phi) is 5.96. The van der Waals surface area contributed by atoms with Gasteiger partial charge in [-0.05, 0) is 35.9 Å². The molecule has 0 saturated carbocycles. The predicted octanol–water partition coefficient (Wildman–Crippen LogP) is 4.54. The van der Waals surface area contributed by atoms with E-state index in [4.69, 9.17) is 16.3 Å². The number of nitrogens with one attached hydrogen (secondary N) is 1. The van der Waals surface area contributed by atoms with Gasteiger partial charge in [-0.15, -0.1) is 0 Å². The molecule has 2 aromatic rings. The molecular formula is C17H13BrClNO3. The third-order valence-electron chi connectivity index (χ3n) is 2.96. The summed E-state index contributed by atoms with van der Waals surface area (Å²) in [5.41, 5.74) is 1.36. The Balaban J connectivity index is 2.18. The standard InChI is InChI=1S/C17H13BrClNO3/c1-23-17(22)13-10-12(18)7-8-15(13)20-16(21)9-6-11-4-2-3-5-14(11)19/h2-10H,1H3,(H,20,21)/b9-6+. The highest BCUT2D eigenvalue weighted by molar-refractivity contribution is 9.10. The second-order valence-corrected chi connectivity index (χ2v) is 5.85. The summed E-state index contributed by atoms with van der Waals surface area (Å²) >= 11 is 9.30. The molecule has 0 saturated heterocycles. The first-order valence-electron chi connectivity index (χ1n) is 6.62. The predicted molar refractivity (Wildman–Crippen MR) is 94.6 cm³/mol. The van der Waals surface area contributed by atoms with E-state index >= 15 is 0 Å². The van der Waals surface area contributed by atoms with E-state index in [1.165, 1.54) is 13.2 Å². The molecule has 1 N–H and O–H groups in total. The first-order chi connectivity index (χ1) is 11.0. The summed E-state index contributed by atoms with van der Waals surface area (Å²) in [6.07, 6.45) is 2.96. The van der Waals surface area contributed by atoms with Crippen LogP contribution in [0.25, 0.3) is 6.08 Å². The van der Waals surface area contributed by atoms with Gasteiger partial charge in [0.1, 0.15) is 0 Å². The Labute approximate surface area is 147 Å². The van der Waals surface area contributed by atoms with E-state index in [1.807, 2.05) is 12.1 Å². The number of halogens is 2. The van der Waals surface area contributed by atoms with Gasteiger partial charge in [0.15, 0.2) is 0 Å². The topological polar surface area (TPSA) is 55.4 Å². The van der Waals surface area contributed by atoms with Gasteiger partial charge in [-0.3, -0.25) is 4.79 Å². The van der Waals surface area contributed by atoms with E-state index in [-0.39, 0.29) is 11.5 Å². The number of carbonyl (C=O) groups is 2. The summed E-state index contributed by atoms with van der Waals surface area (Å²) in [4.78, 5) is 23.8. The molecule has 6 heteroatoms. The Morgan fingerprint density at radius 1 is 1.22 bits per heavy atom. The SMILES string of the molecule is COC(=O)c1cc(Br)ccc1NC(=O)/C=C/c1ccccc1Cl. The number of rotatable bonds is 4. The van der Waals surface area contributed by atoms with Gasteiger partial charge in [0.2, 0.25) is 5.91 Å². The van der Waals surface area contributed by atoms with Crippen LogP contribution in [0.2, 0.25) is 5.02 Å². The van der Waals surface area contributed by atoms with Crippen LogP contribution in [0.1, 0.15) is 15.9 Å².